The molecule has 1 aromatic rings. The van der Waals surface area contributed by atoms with E-state index < -0.39 is 5.41 Å². The number of esters is 1. The van der Waals surface area contributed by atoms with E-state index in [1.54, 1.807) is 0 Å². The van der Waals surface area contributed by atoms with E-state index in [0.717, 1.165) is 15.7 Å². The molecule has 0 bridgehead atoms. The minimum absolute atomic E-state index is 0.211. The number of carbonyl (C=O) groups is 1. The maximum atomic E-state index is 11.5. The van der Waals surface area contributed by atoms with Gasteiger partial charge in [-0.3, -0.25) is 4.79 Å². The molecule has 0 spiro atoms. The molecule has 0 aliphatic carbocycles. The molecule has 17 heavy (non-hydrogen) atoms. The van der Waals surface area contributed by atoms with Crippen LogP contribution in [0.3, 0.4) is 0 Å². The van der Waals surface area contributed by atoms with E-state index in [1.807, 2.05) is 39.0 Å². The number of methoxy groups -OCH3 is 1. The number of aryl methyl sites for hydroxylation is 1. The molecule has 94 valence electrons. The number of hydrogen-bond donors (Lipinski definition) is 1. The van der Waals surface area contributed by atoms with Gasteiger partial charge in [0.15, 0.2) is 0 Å². The summed E-state index contributed by atoms with van der Waals surface area (Å²) in [6, 6.07) is 6.02. The predicted octanol–water partition coefficient (Wildman–Crippen LogP) is 3.37. The smallest absolute Gasteiger partial charge is 0.313 e. The molecule has 1 rings (SSSR count). The monoisotopic (exact) mass is 299 g/mol. The Hall–Kier alpha value is -1.03. The van der Waals surface area contributed by atoms with Gasteiger partial charge in [0.05, 0.1) is 12.5 Å². The third kappa shape index (κ3) is 3.73. The molecule has 0 heterocycles. The fourth-order valence-corrected chi connectivity index (χ4v) is 1.81. The SMILES string of the molecule is COC(=O)C(C)(C)CNc1cc(Br)ccc1C. The Labute approximate surface area is 111 Å². The molecule has 4 heteroatoms. The molecule has 0 aliphatic rings. The van der Waals surface area contributed by atoms with Gasteiger partial charge in [-0.1, -0.05) is 22.0 Å². The van der Waals surface area contributed by atoms with Crippen molar-refractivity contribution in [3.05, 3.63) is 28.2 Å². The Balaban J connectivity index is 2.73. The van der Waals surface area contributed by atoms with E-state index in [2.05, 4.69) is 21.2 Å². The van der Waals surface area contributed by atoms with Gasteiger partial charge in [-0.2, -0.15) is 0 Å². The Kier molecular flexibility index (Phi) is 4.57. The van der Waals surface area contributed by atoms with Crippen LogP contribution in [0.15, 0.2) is 22.7 Å². The second kappa shape index (κ2) is 5.54. The van der Waals surface area contributed by atoms with Gasteiger partial charge in [0, 0.05) is 16.7 Å². The first kappa shape index (κ1) is 14.0. The third-order valence-corrected chi connectivity index (χ3v) is 3.15. The number of anilines is 1. The van der Waals surface area contributed by atoms with E-state index in [9.17, 15) is 4.79 Å². The van der Waals surface area contributed by atoms with Crippen molar-refractivity contribution in [2.24, 2.45) is 5.41 Å². The average molecular weight is 300 g/mol. The first-order chi connectivity index (χ1) is 7.86. The van der Waals surface area contributed by atoms with E-state index >= 15 is 0 Å². The van der Waals surface area contributed by atoms with Crippen LogP contribution in [-0.4, -0.2) is 19.6 Å². The minimum atomic E-state index is -0.538. The van der Waals surface area contributed by atoms with Crippen molar-refractivity contribution in [2.75, 3.05) is 19.0 Å². The number of halogens is 1. The molecule has 0 saturated carbocycles. The highest BCUT2D eigenvalue weighted by Gasteiger charge is 2.28. The van der Waals surface area contributed by atoms with Crippen LogP contribution < -0.4 is 5.32 Å². The summed E-state index contributed by atoms with van der Waals surface area (Å²) in [5.41, 5.74) is 1.63. The molecular formula is C13H18BrNO2. The summed E-state index contributed by atoms with van der Waals surface area (Å²) in [5, 5.41) is 3.28. The summed E-state index contributed by atoms with van der Waals surface area (Å²) in [4.78, 5) is 11.5. The van der Waals surface area contributed by atoms with Gasteiger partial charge in [-0.05, 0) is 38.5 Å². The van der Waals surface area contributed by atoms with Crippen LogP contribution in [0.25, 0.3) is 0 Å². The Morgan fingerprint density at radius 3 is 2.71 bits per heavy atom. The molecule has 0 aliphatic heterocycles. The number of benzene rings is 1. The zero-order valence-electron chi connectivity index (χ0n) is 10.6. The summed E-state index contributed by atoms with van der Waals surface area (Å²) in [6.07, 6.45) is 0. The average Bonchev–Trinajstić information content (AvgIpc) is 2.29. The molecule has 0 aromatic heterocycles. The molecule has 1 N–H and O–H groups in total. The lowest BCUT2D eigenvalue weighted by atomic mass is 9.93. The van der Waals surface area contributed by atoms with Crippen molar-refractivity contribution in [1.29, 1.82) is 0 Å². The molecule has 0 atom stereocenters. The summed E-state index contributed by atoms with van der Waals surface area (Å²) in [5.74, 6) is -0.211. The van der Waals surface area contributed by atoms with E-state index in [0.29, 0.717) is 6.54 Å². The van der Waals surface area contributed by atoms with E-state index in [1.165, 1.54) is 7.11 Å². The number of carbonyl (C=O) groups excluding carboxylic acids is 1. The molecule has 0 amide bonds. The van der Waals surface area contributed by atoms with Gasteiger partial charge in [0.1, 0.15) is 0 Å². The van der Waals surface area contributed by atoms with Crippen LogP contribution in [0.1, 0.15) is 19.4 Å². The number of rotatable bonds is 4. The van der Waals surface area contributed by atoms with Crippen LogP contribution in [-0.2, 0) is 9.53 Å². The summed E-state index contributed by atoms with van der Waals surface area (Å²) >= 11 is 3.43. The lowest BCUT2D eigenvalue weighted by molar-refractivity contribution is -0.149. The van der Waals surface area contributed by atoms with E-state index in [4.69, 9.17) is 4.74 Å². The molecular weight excluding hydrogens is 282 g/mol. The lowest BCUT2D eigenvalue weighted by Gasteiger charge is -2.23. The highest BCUT2D eigenvalue weighted by Crippen LogP contribution is 2.23. The second-order valence-electron chi connectivity index (χ2n) is 4.69. The molecule has 0 unspecified atom stereocenters. The quantitative estimate of drug-likeness (QED) is 0.866. The fourth-order valence-electron chi connectivity index (χ4n) is 1.45. The topological polar surface area (TPSA) is 38.3 Å². The standard InChI is InChI=1S/C13H18BrNO2/c1-9-5-6-10(14)7-11(9)15-8-13(2,3)12(16)17-4/h5-7,15H,8H2,1-4H3. The number of ether oxygens (including phenoxy) is 1. The van der Waals surface area contributed by atoms with Gasteiger partial charge in [0.2, 0.25) is 0 Å². The maximum absolute atomic E-state index is 11.5. The largest absolute Gasteiger partial charge is 0.469 e. The van der Waals surface area contributed by atoms with Gasteiger partial charge < -0.3 is 10.1 Å². The van der Waals surface area contributed by atoms with Gasteiger partial charge in [-0.25, -0.2) is 0 Å². The molecule has 1 aromatic carbocycles. The second-order valence-corrected chi connectivity index (χ2v) is 5.60. The lowest BCUT2D eigenvalue weighted by Crippen LogP contribution is -2.33. The number of hydrogen-bond acceptors (Lipinski definition) is 3. The van der Waals surface area contributed by atoms with E-state index in [-0.39, 0.29) is 5.97 Å². The van der Waals surface area contributed by atoms with Crippen LogP contribution in [0.2, 0.25) is 0 Å². The van der Waals surface area contributed by atoms with Gasteiger partial charge >= 0.3 is 5.97 Å². The van der Waals surface area contributed by atoms with Crippen LogP contribution in [0, 0.1) is 12.3 Å². The van der Waals surface area contributed by atoms with Crippen molar-refractivity contribution in [3.63, 3.8) is 0 Å². The van der Waals surface area contributed by atoms with Crippen LogP contribution in [0.5, 0.6) is 0 Å². The fraction of sp³-hybridized carbons (Fsp3) is 0.462. The van der Waals surface area contributed by atoms with Crippen LogP contribution in [0.4, 0.5) is 5.69 Å². The van der Waals surface area contributed by atoms with Crippen molar-refractivity contribution >= 4 is 27.6 Å². The molecule has 3 nitrogen and oxygen atoms in total. The highest BCUT2D eigenvalue weighted by atomic mass is 79.9. The predicted molar refractivity (Wildman–Crippen MR) is 73.2 cm³/mol. The zero-order chi connectivity index (χ0) is 13.1. The van der Waals surface area contributed by atoms with Crippen molar-refractivity contribution < 1.29 is 9.53 Å². The van der Waals surface area contributed by atoms with Crippen molar-refractivity contribution in [2.45, 2.75) is 20.8 Å². The van der Waals surface area contributed by atoms with Gasteiger partial charge in [-0.15, -0.1) is 0 Å². The first-order valence-corrected chi connectivity index (χ1v) is 6.24. The Morgan fingerprint density at radius 2 is 2.12 bits per heavy atom. The molecule has 0 fully saturated rings. The van der Waals surface area contributed by atoms with Gasteiger partial charge in [0.25, 0.3) is 0 Å². The first-order valence-electron chi connectivity index (χ1n) is 5.45. The molecule has 0 radical (unpaired) electrons. The number of nitrogens with one attached hydrogen (secondary N) is 1. The Bertz CT molecular complexity index is 416. The van der Waals surface area contributed by atoms with Crippen molar-refractivity contribution in [3.8, 4) is 0 Å². The van der Waals surface area contributed by atoms with Crippen LogP contribution >= 0.6 is 15.9 Å². The minimum Gasteiger partial charge on any atom is -0.469 e. The molecule has 0 saturated heterocycles. The van der Waals surface area contributed by atoms with Crippen molar-refractivity contribution in [1.82, 2.24) is 0 Å². The maximum Gasteiger partial charge on any atom is 0.313 e. The normalized spacial score (nSPS) is 11.1. The summed E-state index contributed by atoms with van der Waals surface area (Å²) in [7, 11) is 1.41. The Morgan fingerprint density at radius 1 is 1.47 bits per heavy atom. The third-order valence-electron chi connectivity index (χ3n) is 2.66. The summed E-state index contributed by atoms with van der Waals surface area (Å²) in [6.45, 7) is 6.29. The summed E-state index contributed by atoms with van der Waals surface area (Å²) < 4.78 is 5.78. The zero-order valence-corrected chi connectivity index (χ0v) is 12.2. The highest BCUT2D eigenvalue weighted by molar-refractivity contribution is 9.10.